The number of nitrogens with zero attached hydrogens (tertiary/aromatic N) is 3. The molecule has 3 aromatic rings. The molecule has 2 heterocycles. The minimum absolute atomic E-state index is 0.158. The van der Waals surface area contributed by atoms with Gasteiger partial charge in [0.25, 0.3) is 0 Å². The third kappa shape index (κ3) is 2.11. The van der Waals surface area contributed by atoms with Crippen molar-refractivity contribution in [2.75, 3.05) is 11.5 Å². The van der Waals surface area contributed by atoms with Crippen LogP contribution in [0.4, 0.5) is 11.8 Å². The predicted octanol–water partition coefficient (Wildman–Crippen LogP) is 1.96. The van der Waals surface area contributed by atoms with Gasteiger partial charge in [-0.2, -0.15) is 4.98 Å². The molecular formula is C13H11N5O. The van der Waals surface area contributed by atoms with Crippen molar-refractivity contribution in [2.45, 2.75) is 0 Å². The SMILES string of the molecule is Nc1ncc(-c2cccc(-c3ncco3)c2)c(N)n1. The Labute approximate surface area is 109 Å². The van der Waals surface area contributed by atoms with E-state index < -0.39 is 0 Å². The van der Waals surface area contributed by atoms with Gasteiger partial charge in [-0.25, -0.2) is 9.97 Å². The van der Waals surface area contributed by atoms with Gasteiger partial charge in [0.2, 0.25) is 11.8 Å². The molecule has 3 rings (SSSR count). The van der Waals surface area contributed by atoms with Crippen LogP contribution < -0.4 is 11.5 Å². The van der Waals surface area contributed by atoms with Crippen molar-refractivity contribution in [3.8, 4) is 22.6 Å². The molecule has 1 aromatic carbocycles. The molecule has 0 amide bonds. The summed E-state index contributed by atoms with van der Waals surface area (Å²) in [4.78, 5) is 12.0. The van der Waals surface area contributed by atoms with E-state index in [0.29, 0.717) is 11.7 Å². The van der Waals surface area contributed by atoms with Gasteiger partial charge < -0.3 is 15.9 Å². The van der Waals surface area contributed by atoms with E-state index in [1.165, 1.54) is 6.26 Å². The van der Waals surface area contributed by atoms with Crippen LogP contribution in [0.1, 0.15) is 0 Å². The van der Waals surface area contributed by atoms with E-state index >= 15 is 0 Å². The van der Waals surface area contributed by atoms with Crippen LogP contribution >= 0.6 is 0 Å². The summed E-state index contributed by atoms with van der Waals surface area (Å²) in [6.07, 6.45) is 4.73. The first-order chi connectivity index (χ1) is 9.24. The van der Waals surface area contributed by atoms with Crippen molar-refractivity contribution in [3.05, 3.63) is 42.9 Å². The molecule has 0 atom stereocenters. The maximum Gasteiger partial charge on any atom is 0.225 e. The van der Waals surface area contributed by atoms with Gasteiger partial charge in [0.15, 0.2) is 0 Å². The number of aromatic nitrogens is 3. The summed E-state index contributed by atoms with van der Waals surface area (Å²) in [5.74, 6) is 1.05. The van der Waals surface area contributed by atoms with Gasteiger partial charge in [-0.15, -0.1) is 0 Å². The third-order valence-corrected chi connectivity index (χ3v) is 2.69. The Balaban J connectivity index is 2.08. The zero-order valence-electron chi connectivity index (χ0n) is 9.95. The smallest absolute Gasteiger partial charge is 0.225 e. The molecule has 2 aromatic heterocycles. The highest BCUT2D eigenvalue weighted by Crippen LogP contribution is 2.28. The van der Waals surface area contributed by atoms with Crippen LogP contribution in [0.2, 0.25) is 0 Å². The van der Waals surface area contributed by atoms with Gasteiger partial charge in [0.05, 0.1) is 6.20 Å². The topological polar surface area (TPSA) is 104 Å². The summed E-state index contributed by atoms with van der Waals surface area (Å²) in [7, 11) is 0. The standard InChI is InChI=1S/C13H11N5O/c14-11-10(7-17-13(15)18-11)8-2-1-3-9(6-8)12-16-4-5-19-12/h1-7H,(H4,14,15,17,18). The molecule has 0 radical (unpaired) electrons. The average Bonchev–Trinajstić information content (AvgIpc) is 2.93. The lowest BCUT2D eigenvalue weighted by molar-refractivity contribution is 0.574. The second kappa shape index (κ2) is 4.41. The fraction of sp³-hybridized carbons (Fsp3) is 0. The molecular weight excluding hydrogens is 242 g/mol. The molecule has 0 saturated heterocycles. The summed E-state index contributed by atoms with van der Waals surface area (Å²) in [6, 6.07) is 7.63. The van der Waals surface area contributed by atoms with Crippen LogP contribution in [0.15, 0.2) is 47.3 Å². The molecule has 0 saturated carbocycles. The second-order valence-electron chi connectivity index (χ2n) is 3.95. The van der Waals surface area contributed by atoms with Crippen LogP contribution in [0.5, 0.6) is 0 Å². The lowest BCUT2D eigenvalue weighted by atomic mass is 10.1. The van der Waals surface area contributed by atoms with Crippen molar-refractivity contribution in [1.82, 2.24) is 15.0 Å². The third-order valence-electron chi connectivity index (χ3n) is 2.69. The average molecular weight is 253 g/mol. The van der Waals surface area contributed by atoms with Gasteiger partial charge in [0, 0.05) is 17.3 Å². The lowest BCUT2D eigenvalue weighted by Gasteiger charge is -2.06. The fourth-order valence-corrected chi connectivity index (χ4v) is 1.82. The Morgan fingerprint density at radius 1 is 1.05 bits per heavy atom. The number of rotatable bonds is 2. The maximum absolute atomic E-state index is 5.85. The van der Waals surface area contributed by atoms with E-state index in [1.54, 1.807) is 12.4 Å². The molecule has 0 unspecified atom stereocenters. The van der Waals surface area contributed by atoms with Crippen molar-refractivity contribution in [2.24, 2.45) is 0 Å². The van der Waals surface area contributed by atoms with Gasteiger partial charge in [0.1, 0.15) is 12.1 Å². The maximum atomic E-state index is 5.85. The summed E-state index contributed by atoms with van der Waals surface area (Å²) in [5, 5.41) is 0. The van der Waals surface area contributed by atoms with E-state index in [2.05, 4.69) is 15.0 Å². The summed E-state index contributed by atoms with van der Waals surface area (Å²) < 4.78 is 5.27. The molecule has 6 heteroatoms. The Morgan fingerprint density at radius 2 is 1.89 bits per heavy atom. The Kier molecular flexibility index (Phi) is 2.60. The lowest BCUT2D eigenvalue weighted by Crippen LogP contribution is -2.00. The van der Waals surface area contributed by atoms with Gasteiger partial charge in [-0.05, 0) is 17.7 Å². The van der Waals surface area contributed by atoms with E-state index in [0.717, 1.165) is 16.7 Å². The number of nitrogens with two attached hydrogens (primary N) is 2. The molecule has 0 aliphatic heterocycles. The zero-order chi connectivity index (χ0) is 13.2. The summed E-state index contributed by atoms with van der Waals surface area (Å²) in [6.45, 7) is 0. The van der Waals surface area contributed by atoms with Crippen molar-refractivity contribution >= 4 is 11.8 Å². The Morgan fingerprint density at radius 3 is 2.63 bits per heavy atom. The van der Waals surface area contributed by atoms with Crippen molar-refractivity contribution in [3.63, 3.8) is 0 Å². The molecule has 0 spiro atoms. The highest BCUT2D eigenvalue weighted by Gasteiger charge is 2.08. The molecule has 0 aliphatic carbocycles. The summed E-state index contributed by atoms with van der Waals surface area (Å²) in [5.41, 5.74) is 13.8. The first kappa shape index (κ1) is 11.2. The van der Waals surface area contributed by atoms with Crippen LogP contribution in [-0.2, 0) is 0 Å². The van der Waals surface area contributed by atoms with Crippen molar-refractivity contribution < 1.29 is 4.42 Å². The molecule has 19 heavy (non-hydrogen) atoms. The monoisotopic (exact) mass is 253 g/mol. The highest BCUT2D eigenvalue weighted by molar-refractivity contribution is 5.76. The molecule has 4 N–H and O–H groups in total. The van der Waals surface area contributed by atoms with E-state index in [1.807, 2.05) is 24.3 Å². The number of hydrogen-bond donors (Lipinski definition) is 2. The fourth-order valence-electron chi connectivity index (χ4n) is 1.82. The first-order valence-corrected chi connectivity index (χ1v) is 5.62. The number of hydrogen-bond acceptors (Lipinski definition) is 6. The van der Waals surface area contributed by atoms with Crippen molar-refractivity contribution in [1.29, 1.82) is 0 Å². The minimum Gasteiger partial charge on any atom is -0.445 e. The van der Waals surface area contributed by atoms with Gasteiger partial charge in [-0.1, -0.05) is 12.1 Å². The van der Waals surface area contributed by atoms with Crippen LogP contribution in [-0.4, -0.2) is 15.0 Å². The molecule has 0 fully saturated rings. The van der Waals surface area contributed by atoms with E-state index in [9.17, 15) is 0 Å². The number of anilines is 2. The van der Waals surface area contributed by atoms with Crippen LogP contribution in [0.25, 0.3) is 22.6 Å². The first-order valence-electron chi connectivity index (χ1n) is 5.62. The van der Waals surface area contributed by atoms with E-state index in [-0.39, 0.29) is 5.95 Å². The summed E-state index contributed by atoms with van der Waals surface area (Å²) >= 11 is 0. The quantitative estimate of drug-likeness (QED) is 0.723. The molecule has 6 nitrogen and oxygen atoms in total. The Bertz CT molecular complexity index is 709. The van der Waals surface area contributed by atoms with E-state index in [4.69, 9.17) is 15.9 Å². The largest absolute Gasteiger partial charge is 0.445 e. The number of nitrogen functional groups attached to an aromatic ring is 2. The Hall–Kier alpha value is -2.89. The zero-order valence-corrected chi connectivity index (χ0v) is 9.95. The molecule has 0 bridgehead atoms. The van der Waals surface area contributed by atoms with Crippen LogP contribution in [0, 0.1) is 0 Å². The molecule has 0 aliphatic rings. The van der Waals surface area contributed by atoms with Gasteiger partial charge >= 0.3 is 0 Å². The number of benzene rings is 1. The van der Waals surface area contributed by atoms with Gasteiger partial charge in [-0.3, -0.25) is 0 Å². The minimum atomic E-state index is 0.158. The number of oxazole rings is 1. The van der Waals surface area contributed by atoms with Crippen LogP contribution in [0.3, 0.4) is 0 Å². The highest BCUT2D eigenvalue weighted by atomic mass is 16.3. The molecule has 94 valence electrons. The normalized spacial score (nSPS) is 10.5. The predicted molar refractivity (Wildman–Crippen MR) is 71.8 cm³/mol. The second-order valence-corrected chi connectivity index (χ2v) is 3.95.